The highest BCUT2D eigenvalue weighted by molar-refractivity contribution is 5.94. The van der Waals surface area contributed by atoms with Crippen LogP contribution in [0, 0.1) is 5.41 Å². The molecular weight excluding hydrogens is 333 g/mol. The number of amides is 1. The Morgan fingerprint density at radius 2 is 2.08 bits per heavy atom. The van der Waals surface area contributed by atoms with Gasteiger partial charge in [0.2, 0.25) is 0 Å². The molecule has 1 amide bonds. The Morgan fingerprint density at radius 1 is 1.38 bits per heavy atom. The summed E-state index contributed by atoms with van der Waals surface area (Å²) in [5, 5.41) is 9.00. The van der Waals surface area contributed by atoms with Crippen LogP contribution in [0.5, 0.6) is 0 Å². The zero-order valence-electron chi connectivity index (χ0n) is 12.0. The number of halogens is 3. The fourth-order valence-electron chi connectivity index (χ4n) is 2.73. The van der Waals surface area contributed by atoms with Crippen LogP contribution in [0.25, 0.3) is 5.65 Å². The number of carbonyl (C=O) groups is 2. The average Bonchev–Trinajstić information content (AvgIpc) is 3.13. The van der Waals surface area contributed by atoms with Gasteiger partial charge < -0.3 is 15.0 Å². The first kappa shape index (κ1) is 16.0. The maximum Gasteiger partial charge on any atom is 0.406 e. The Hall–Kier alpha value is -2.85. The lowest BCUT2D eigenvalue weighted by atomic mass is 9.86. The lowest BCUT2D eigenvalue weighted by molar-refractivity contribution is -0.227. The van der Waals surface area contributed by atoms with Crippen molar-refractivity contribution in [2.45, 2.75) is 12.6 Å². The molecule has 1 unspecified atom stereocenters. The largest absolute Gasteiger partial charge is 0.481 e. The number of fused-ring (bicyclic) bond motifs is 1. The first-order valence-corrected chi connectivity index (χ1v) is 6.81. The van der Waals surface area contributed by atoms with Gasteiger partial charge in [-0.3, -0.25) is 14.0 Å². The molecule has 8 nitrogen and oxygen atoms in total. The summed E-state index contributed by atoms with van der Waals surface area (Å²) in [6.45, 7) is -1.39. The number of nitrogens with zero attached hydrogens (tertiary/aromatic N) is 3. The Balaban J connectivity index is 1.93. The van der Waals surface area contributed by atoms with Gasteiger partial charge in [0, 0.05) is 31.5 Å². The van der Waals surface area contributed by atoms with Crippen molar-refractivity contribution in [1.29, 1.82) is 0 Å². The van der Waals surface area contributed by atoms with Crippen LogP contribution >= 0.6 is 0 Å². The molecule has 0 radical (unpaired) electrons. The van der Waals surface area contributed by atoms with Gasteiger partial charge in [-0.2, -0.15) is 13.2 Å². The number of aromatic nitrogens is 3. The van der Waals surface area contributed by atoms with E-state index in [4.69, 9.17) is 5.11 Å². The van der Waals surface area contributed by atoms with E-state index in [0.717, 1.165) is 9.30 Å². The predicted octanol–water partition coefficient (Wildman–Crippen LogP) is 0.502. The molecule has 24 heavy (non-hydrogen) atoms. The van der Waals surface area contributed by atoms with Crippen LogP contribution in [0.4, 0.5) is 13.2 Å². The van der Waals surface area contributed by atoms with Crippen LogP contribution in [0.2, 0.25) is 0 Å². The van der Waals surface area contributed by atoms with Crippen LogP contribution in [0.1, 0.15) is 16.9 Å². The molecule has 1 aliphatic rings. The fourth-order valence-corrected chi connectivity index (χ4v) is 2.73. The average molecular weight is 344 g/mol. The molecule has 2 aromatic heterocycles. The van der Waals surface area contributed by atoms with Crippen molar-refractivity contribution in [2.75, 3.05) is 13.1 Å². The number of carbonyl (C=O) groups excluding carboxylic acids is 1. The Bertz CT molecular complexity index is 887. The van der Waals surface area contributed by atoms with Crippen LogP contribution in [0.15, 0.2) is 23.3 Å². The number of H-pyrrole nitrogens is 1. The van der Waals surface area contributed by atoms with E-state index in [-0.39, 0.29) is 17.9 Å². The molecule has 2 N–H and O–H groups in total. The van der Waals surface area contributed by atoms with Gasteiger partial charge in [-0.25, -0.2) is 9.78 Å². The monoisotopic (exact) mass is 344 g/mol. The summed E-state index contributed by atoms with van der Waals surface area (Å²) in [4.78, 5) is 42.2. The lowest BCUT2D eigenvalue weighted by Gasteiger charge is -2.27. The number of carboxylic acid groups (broad SMARTS) is 1. The number of alkyl halides is 3. The molecule has 1 saturated heterocycles. The van der Waals surface area contributed by atoms with Crippen molar-refractivity contribution >= 4 is 17.5 Å². The van der Waals surface area contributed by atoms with Gasteiger partial charge in [0.1, 0.15) is 11.3 Å². The van der Waals surface area contributed by atoms with Gasteiger partial charge >= 0.3 is 17.8 Å². The smallest absolute Gasteiger partial charge is 0.406 e. The molecule has 1 aliphatic heterocycles. The zero-order valence-corrected chi connectivity index (χ0v) is 12.0. The van der Waals surface area contributed by atoms with Crippen molar-refractivity contribution in [3.63, 3.8) is 0 Å². The highest BCUT2D eigenvalue weighted by atomic mass is 19.4. The molecular formula is C13H11F3N4O4. The second-order valence-electron chi connectivity index (χ2n) is 5.51. The quantitative estimate of drug-likeness (QED) is 0.825. The molecule has 3 rings (SSSR count). The number of nitrogens with one attached hydrogen (secondary N) is 1. The van der Waals surface area contributed by atoms with E-state index in [1.54, 1.807) is 0 Å². The second-order valence-corrected chi connectivity index (χ2v) is 5.51. The molecule has 11 heteroatoms. The van der Waals surface area contributed by atoms with E-state index < -0.39 is 42.1 Å². The standard InChI is InChI=1S/C13H11F3N4O4/c14-13(15,16)12(10(22)23)1-3-19(6-12)9(21)7-5-8-17-2-4-20(8)11(24)18-7/h2,4-5H,1,3,6H2,(H,18,24)(H,22,23). The van der Waals surface area contributed by atoms with Crippen molar-refractivity contribution in [3.05, 3.63) is 34.6 Å². The molecule has 3 heterocycles. The fraction of sp³-hybridized carbons (Fsp3) is 0.385. The molecule has 1 atom stereocenters. The van der Waals surface area contributed by atoms with Crippen LogP contribution in [-0.2, 0) is 4.79 Å². The number of hydrogen-bond donors (Lipinski definition) is 2. The molecule has 0 aliphatic carbocycles. The van der Waals surface area contributed by atoms with E-state index in [1.165, 1.54) is 18.5 Å². The summed E-state index contributed by atoms with van der Waals surface area (Å²) < 4.78 is 40.6. The predicted molar refractivity (Wildman–Crippen MR) is 72.5 cm³/mol. The van der Waals surface area contributed by atoms with E-state index in [9.17, 15) is 27.6 Å². The molecule has 128 valence electrons. The van der Waals surface area contributed by atoms with E-state index in [1.807, 2.05) is 0 Å². The van der Waals surface area contributed by atoms with Crippen LogP contribution in [0.3, 0.4) is 0 Å². The summed E-state index contributed by atoms with van der Waals surface area (Å²) >= 11 is 0. The van der Waals surface area contributed by atoms with Crippen molar-refractivity contribution in [1.82, 2.24) is 19.3 Å². The molecule has 0 aromatic carbocycles. The topological polar surface area (TPSA) is 108 Å². The Morgan fingerprint density at radius 3 is 2.67 bits per heavy atom. The third-order valence-electron chi connectivity index (χ3n) is 4.14. The molecule has 0 saturated carbocycles. The number of imidazole rings is 1. The number of aromatic amines is 1. The highest BCUT2D eigenvalue weighted by Gasteiger charge is 2.64. The zero-order chi connectivity index (χ0) is 17.7. The summed E-state index contributed by atoms with van der Waals surface area (Å²) in [6.07, 6.45) is -3.05. The first-order valence-electron chi connectivity index (χ1n) is 6.81. The Labute approximate surface area is 131 Å². The Kier molecular flexibility index (Phi) is 3.39. The molecule has 0 spiro atoms. The first-order chi connectivity index (χ1) is 11.2. The minimum absolute atomic E-state index is 0.154. The number of rotatable bonds is 2. The summed E-state index contributed by atoms with van der Waals surface area (Å²) in [7, 11) is 0. The summed E-state index contributed by atoms with van der Waals surface area (Å²) in [6, 6.07) is 1.22. The van der Waals surface area contributed by atoms with E-state index in [2.05, 4.69) is 9.97 Å². The second kappa shape index (κ2) is 5.08. The maximum absolute atomic E-state index is 13.1. The van der Waals surface area contributed by atoms with Gasteiger partial charge in [-0.15, -0.1) is 0 Å². The molecule has 0 bridgehead atoms. The highest BCUT2D eigenvalue weighted by Crippen LogP contribution is 2.45. The summed E-state index contributed by atoms with van der Waals surface area (Å²) in [5.41, 5.74) is -3.77. The number of hydrogen-bond acceptors (Lipinski definition) is 4. The van der Waals surface area contributed by atoms with Gasteiger partial charge in [0.05, 0.1) is 0 Å². The van der Waals surface area contributed by atoms with Crippen LogP contribution < -0.4 is 5.69 Å². The van der Waals surface area contributed by atoms with Crippen molar-refractivity contribution < 1.29 is 27.9 Å². The number of carboxylic acids is 1. The third-order valence-corrected chi connectivity index (χ3v) is 4.14. The van der Waals surface area contributed by atoms with Gasteiger partial charge in [0.15, 0.2) is 5.41 Å². The maximum atomic E-state index is 13.1. The van der Waals surface area contributed by atoms with Gasteiger partial charge in [-0.05, 0) is 6.42 Å². The van der Waals surface area contributed by atoms with E-state index in [0.29, 0.717) is 0 Å². The SMILES string of the molecule is O=C(c1cc2nccn2c(=O)[nH]1)N1CCC(C(=O)O)(C(F)(F)F)C1. The van der Waals surface area contributed by atoms with Gasteiger partial charge in [-0.1, -0.05) is 0 Å². The molecule has 2 aromatic rings. The van der Waals surface area contributed by atoms with Crippen molar-refractivity contribution in [2.24, 2.45) is 5.41 Å². The lowest BCUT2D eigenvalue weighted by Crippen LogP contribution is -2.47. The minimum atomic E-state index is -4.99. The number of likely N-dealkylation sites (tertiary alicyclic amines) is 1. The van der Waals surface area contributed by atoms with E-state index >= 15 is 0 Å². The number of aliphatic carboxylic acids is 1. The van der Waals surface area contributed by atoms with Gasteiger partial charge in [0.25, 0.3) is 5.91 Å². The minimum Gasteiger partial charge on any atom is -0.481 e. The molecule has 1 fully saturated rings. The third kappa shape index (κ3) is 2.23. The normalized spacial score (nSPS) is 21.4. The van der Waals surface area contributed by atoms with Crippen molar-refractivity contribution in [3.8, 4) is 0 Å². The summed E-state index contributed by atoms with van der Waals surface area (Å²) in [5.74, 6) is -2.91. The van der Waals surface area contributed by atoms with Crippen LogP contribution in [-0.4, -0.2) is 55.5 Å².